The van der Waals surface area contributed by atoms with Crippen molar-refractivity contribution in [1.82, 2.24) is 9.79 Å². The van der Waals surface area contributed by atoms with Crippen LogP contribution in [0.4, 0.5) is 0 Å². The highest BCUT2D eigenvalue weighted by Gasteiger charge is 2.67. The van der Waals surface area contributed by atoms with Crippen molar-refractivity contribution in [2.45, 2.75) is 18.7 Å². The first kappa shape index (κ1) is 9.54. The van der Waals surface area contributed by atoms with E-state index in [2.05, 4.69) is 4.98 Å². The summed E-state index contributed by atoms with van der Waals surface area (Å²) in [7, 11) is -0.515. The summed E-state index contributed by atoms with van der Waals surface area (Å²) < 4.78 is 0. The quantitative estimate of drug-likeness (QED) is 0.698. The van der Waals surface area contributed by atoms with Crippen LogP contribution in [0.2, 0.25) is 6.82 Å². The van der Waals surface area contributed by atoms with Gasteiger partial charge in [-0.1, -0.05) is 0 Å². The maximum absolute atomic E-state index is 12.0. The Morgan fingerprint density at radius 2 is 2.47 bits per heavy atom. The Kier molecular flexibility index (Phi) is 1.50. The van der Waals surface area contributed by atoms with Crippen molar-refractivity contribution in [2.75, 3.05) is 6.54 Å². The zero-order valence-electron chi connectivity index (χ0n) is 9.60. The summed E-state index contributed by atoms with van der Waals surface area (Å²) in [6.45, 7) is 2.62. The maximum Gasteiger partial charge on any atom is 0.409 e. The highest BCUT2D eigenvalue weighted by molar-refractivity contribution is 6.46. The van der Waals surface area contributed by atoms with E-state index < -0.39 is 7.05 Å². The summed E-state index contributed by atoms with van der Waals surface area (Å²) in [6.07, 6.45) is 4.66. The predicted molar refractivity (Wildman–Crippen MR) is 63.5 cm³/mol. The number of piperidine rings is 1. The number of ketones is 1. The molecule has 1 aromatic heterocycles. The molecule has 2 N–H and O–H groups in total. The fourth-order valence-electron chi connectivity index (χ4n) is 3.63. The van der Waals surface area contributed by atoms with Gasteiger partial charge >= 0.3 is 7.05 Å². The topological polar surface area (TPSA) is 56.3 Å². The van der Waals surface area contributed by atoms with E-state index >= 15 is 0 Å². The van der Waals surface area contributed by atoms with Gasteiger partial charge in [-0.15, -0.1) is 0 Å². The number of allylic oxidation sites excluding steroid dienone is 2. The summed E-state index contributed by atoms with van der Waals surface area (Å²) >= 11 is 0. The SMILES string of the molecule is CB(O)N1CC2CC23C1=CC(=O)c1[nH]ccc13. The van der Waals surface area contributed by atoms with E-state index in [9.17, 15) is 9.82 Å². The lowest BCUT2D eigenvalue weighted by Crippen LogP contribution is -2.38. The molecule has 5 heteroatoms. The molecule has 2 atom stereocenters. The van der Waals surface area contributed by atoms with E-state index in [1.165, 1.54) is 0 Å². The molecule has 0 radical (unpaired) electrons. The molecule has 17 heavy (non-hydrogen) atoms. The Morgan fingerprint density at radius 1 is 1.65 bits per heavy atom. The minimum atomic E-state index is -0.515. The van der Waals surface area contributed by atoms with Gasteiger partial charge in [-0.05, 0) is 30.8 Å². The van der Waals surface area contributed by atoms with E-state index in [0.29, 0.717) is 5.92 Å². The van der Waals surface area contributed by atoms with Crippen molar-refractivity contribution in [1.29, 1.82) is 0 Å². The molecule has 1 saturated carbocycles. The molecule has 0 bridgehead atoms. The molecular formula is C12H13BN2O2. The lowest BCUT2D eigenvalue weighted by molar-refractivity contribution is 0.103. The number of nitrogens with one attached hydrogen (secondary N) is 1. The third-order valence-corrected chi connectivity index (χ3v) is 4.48. The van der Waals surface area contributed by atoms with Crippen LogP contribution in [-0.4, -0.2) is 34.2 Å². The van der Waals surface area contributed by atoms with Crippen LogP contribution in [0.15, 0.2) is 24.0 Å². The van der Waals surface area contributed by atoms with Crippen LogP contribution in [0.3, 0.4) is 0 Å². The third-order valence-electron chi connectivity index (χ3n) is 4.48. The van der Waals surface area contributed by atoms with E-state index in [1.807, 2.05) is 17.1 Å². The van der Waals surface area contributed by atoms with Crippen LogP contribution in [0, 0.1) is 5.92 Å². The largest absolute Gasteiger partial charge is 0.432 e. The summed E-state index contributed by atoms with van der Waals surface area (Å²) in [5.74, 6) is 0.592. The van der Waals surface area contributed by atoms with Gasteiger partial charge in [0.15, 0.2) is 0 Å². The smallest absolute Gasteiger partial charge is 0.409 e. The molecule has 2 heterocycles. The van der Waals surface area contributed by atoms with E-state index in [1.54, 1.807) is 12.9 Å². The molecule has 1 aliphatic heterocycles. The van der Waals surface area contributed by atoms with Crippen LogP contribution in [0.5, 0.6) is 0 Å². The van der Waals surface area contributed by atoms with Crippen LogP contribution < -0.4 is 0 Å². The second-order valence-corrected chi connectivity index (χ2v) is 5.32. The average molecular weight is 228 g/mol. The molecule has 1 aromatic rings. The molecule has 86 valence electrons. The van der Waals surface area contributed by atoms with Gasteiger partial charge in [-0.25, -0.2) is 0 Å². The first-order chi connectivity index (χ1) is 8.14. The average Bonchev–Trinajstić information content (AvgIpc) is 2.71. The van der Waals surface area contributed by atoms with Crippen molar-refractivity contribution in [2.24, 2.45) is 5.92 Å². The van der Waals surface area contributed by atoms with Crippen LogP contribution >= 0.6 is 0 Å². The lowest BCUT2D eigenvalue weighted by atomic mass is 9.80. The van der Waals surface area contributed by atoms with Crippen molar-refractivity contribution in [3.63, 3.8) is 0 Å². The number of carbonyl (C=O) groups excluding carboxylic acids is 1. The number of carbonyl (C=O) groups is 1. The molecular weight excluding hydrogens is 215 g/mol. The molecule has 0 amide bonds. The Morgan fingerprint density at radius 3 is 3.24 bits per heavy atom. The summed E-state index contributed by atoms with van der Waals surface area (Å²) in [6, 6.07) is 2.02. The third kappa shape index (κ3) is 0.927. The van der Waals surface area contributed by atoms with E-state index in [-0.39, 0.29) is 11.2 Å². The predicted octanol–water partition coefficient (Wildman–Crippen LogP) is 0.778. The fraction of sp³-hybridized carbons (Fsp3) is 0.417. The Labute approximate surface area is 99.4 Å². The standard InChI is InChI=1S/C12H13BN2O2/c1-13(17)15-6-7-5-12(7)8-2-3-14-11(8)9(16)4-10(12)15/h2-4,7,14,17H,5-6H2,1H3. The minimum Gasteiger partial charge on any atom is -0.432 e. The van der Waals surface area contributed by atoms with Gasteiger partial charge in [0.25, 0.3) is 0 Å². The number of fused-ring (bicyclic) bond motifs is 1. The second-order valence-electron chi connectivity index (χ2n) is 5.32. The van der Waals surface area contributed by atoms with Crippen molar-refractivity contribution < 1.29 is 9.82 Å². The molecule has 2 aliphatic carbocycles. The first-order valence-corrected chi connectivity index (χ1v) is 6.03. The highest BCUT2D eigenvalue weighted by atomic mass is 16.2. The van der Waals surface area contributed by atoms with Gasteiger partial charge in [-0.3, -0.25) is 4.79 Å². The van der Waals surface area contributed by atoms with Gasteiger partial charge in [-0.2, -0.15) is 0 Å². The Hall–Kier alpha value is -1.49. The number of hydrogen-bond acceptors (Lipinski definition) is 3. The zero-order valence-corrected chi connectivity index (χ0v) is 9.60. The number of aromatic nitrogens is 1. The van der Waals surface area contributed by atoms with Crippen molar-refractivity contribution in [3.8, 4) is 0 Å². The van der Waals surface area contributed by atoms with Crippen molar-refractivity contribution >= 4 is 12.8 Å². The van der Waals surface area contributed by atoms with Crippen molar-refractivity contribution in [3.05, 3.63) is 35.3 Å². The minimum absolute atomic E-state index is 0.0280. The van der Waals surface area contributed by atoms with Gasteiger partial charge in [0, 0.05) is 29.9 Å². The molecule has 4 rings (SSSR count). The molecule has 2 unspecified atom stereocenters. The normalized spacial score (nSPS) is 32.8. The number of aromatic amines is 1. The van der Waals surface area contributed by atoms with E-state index in [4.69, 9.17) is 0 Å². The van der Waals surface area contributed by atoms with Gasteiger partial charge in [0.1, 0.15) is 0 Å². The molecule has 3 aliphatic rings. The molecule has 4 nitrogen and oxygen atoms in total. The van der Waals surface area contributed by atoms with Crippen LogP contribution in [0.1, 0.15) is 22.5 Å². The zero-order chi connectivity index (χ0) is 11.8. The summed E-state index contributed by atoms with van der Waals surface area (Å²) in [5.41, 5.74) is 2.92. The summed E-state index contributed by atoms with van der Waals surface area (Å²) in [5, 5.41) is 9.78. The fourth-order valence-corrected chi connectivity index (χ4v) is 3.63. The van der Waals surface area contributed by atoms with Crippen LogP contribution in [0.25, 0.3) is 0 Å². The van der Waals surface area contributed by atoms with Crippen LogP contribution in [-0.2, 0) is 5.41 Å². The Balaban J connectivity index is 1.91. The molecule has 0 aromatic carbocycles. The molecule has 2 fully saturated rings. The lowest BCUT2D eigenvalue weighted by Gasteiger charge is -2.30. The number of hydrogen-bond donors (Lipinski definition) is 2. The number of nitrogens with zero attached hydrogens (tertiary/aromatic N) is 1. The second kappa shape index (κ2) is 2.67. The van der Waals surface area contributed by atoms with Gasteiger partial charge in [0.2, 0.25) is 5.78 Å². The molecule has 1 saturated heterocycles. The number of H-pyrrole nitrogens is 1. The number of rotatable bonds is 1. The van der Waals surface area contributed by atoms with E-state index in [0.717, 1.165) is 29.9 Å². The Bertz CT molecular complexity index is 563. The first-order valence-electron chi connectivity index (χ1n) is 6.03. The monoisotopic (exact) mass is 228 g/mol. The van der Waals surface area contributed by atoms with Gasteiger partial charge in [0.05, 0.1) is 5.69 Å². The highest BCUT2D eigenvalue weighted by Crippen LogP contribution is 2.66. The van der Waals surface area contributed by atoms with Gasteiger partial charge < -0.3 is 14.8 Å². The molecule has 1 spiro atoms. The summed E-state index contributed by atoms with van der Waals surface area (Å²) in [4.78, 5) is 17.0. The maximum atomic E-state index is 12.0.